The molecule has 0 aliphatic heterocycles. The Morgan fingerprint density at radius 2 is 1.17 bits per heavy atom. The first-order valence-corrected chi connectivity index (χ1v) is 2.86. The van der Waals surface area contributed by atoms with Gasteiger partial charge in [0.15, 0.2) is 0 Å². The molecule has 0 radical (unpaired) electrons. The topological polar surface area (TPSA) is 74.6 Å². The van der Waals surface area contributed by atoms with Crippen molar-refractivity contribution in [2.24, 2.45) is 0 Å². The second kappa shape index (κ2) is 9.06. The molecule has 0 heterocycles. The summed E-state index contributed by atoms with van der Waals surface area (Å²) in [5.74, 6) is 6.04. The Bertz CT molecular complexity index is 239. The average molecular weight is 168 g/mol. The van der Waals surface area contributed by atoms with Gasteiger partial charge in [0.2, 0.25) is 0 Å². The summed E-state index contributed by atoms with van der Waals surface area (Å²) in [6.45, 7) is 2.96. The van der Waals surface area contributed by atoms with Gasteiger partial charge < -0.3 is 10.2 Å². The third kappa shape index (κ3) is 24.4. The molecule has 0 aromatic carbocycles. The smallest absolute Gasteiger partial charge is 0.381 e. The highest BCUT2D eigenvalue weighted by molar-refractivity contribution is 5.86. The van der Waals surface area contributed by atoms with Crippen molar-refractivity contribution in [1.29, 1.82) is 0 Å². The fraction of sp³-hybridized carbons (Fsp3) is 0.250. The third-order valence-electron chi connectivity index (χ3n) is 0.464. The van der Waals surface area contributed by atoms with E-state index in [4.69, 9.17) is 10.2 Å². The van der Waals surface area contributed by atoms with E-state index in [1.54, 1.807) is 0 Å². The van der Waals surface area contributed by atoms with E-state index in [9.17, 15) is 9.59 Å². The lowest BCUT2D eigenvalue weighted by atomic mass is 10.6. The largest absolute Gasteiger partial charge is 0.472 e. The van der Waals surface area contributed by atoms with E-state index in [2.05, 4.69) is 11.8 Å². The van der Waals surface area contributed by atoms with Gasteiger partial charge >= 0.3 is 11.9 Å². The average Bonchev–Trinajstić information content (AvgIpc) is 1.87. The molecule has 2 N–H and O–H groups in total. The monoisotopic (exact) mass is 168 g/mol. The van der Waals surface area contributed by atoms with Gasteiger partial charge in [-0.15, -0.1) is 0 Å². The van der Waals surface area contributed by atoms with E-state index in [1.165, 1.54) is 13.8 Å². The molecular weight excluding hydrogens is 160 g/mol. The molecule has 0 unspecified atom stereocenters. The number of hydrogen-bond donors (Lipinski definition) is 2. The Hall–Kier alpha value is -1.94. The normalized spacial score (nSPS) is 5.50. The SMILES string of the molecule is CC#CC(=O)O.CC#CC(=O)O. The van der Waals surface area contributed by atoms with Crippen LogP contribution in [0.3, 0.4) is 0 Å². The van der Waals surface area contributed by atoms with Gasteiger partial charge in [-0.25, -0.2) is 9.59 Å². The van der Waals surface area contributed by atoms with Crippen LogP contribution in [0, 0.1) is 23.7 Å². The standard InChI is InChI=1S/2C4H4O2/c2*1-2-3-4(5)6/h2*1H3,(H,5,6). The zero-order valence-corrected chi connectivity index (χ0v) is 6.71. The molecule has 0 fully saturated rings. The second-order valence-electron chi connectivity index (χ2n) is 1.36. The van der Waals surface area contributed by atoms with Crippen LogP contribution in [-0.2, 0) is 9.59 Å². The number of carbonyl (C=O) groups is 2. The van der Waals surface area contributed by atoms with Crippen LogP contribution in [0.5, 0.6) is 0 Å². The lowest BCUT2D eigenvalue weighted by Crippen LogP contribution is -1.84. The lowest BCUT2D eigenvalue weighted by molar-refractivity contribution is -0.131. The maximum absolute atomic E-state index is 9.43. The van der Waals surface area contributed by atoms with Crippen LogP contribution in [0.4, 0.5) is 0 Å². The summed E-state index contributed by atoms with van der Waals surface area (Å²) in [6.07, 6.45) is 0. The Labute approximate surface area is 70.2 Å². The highest BCUT2D eigenvalue weighted by Gasteiger charge is 1.76. The van der Waals surface area contributed by atoms with Gasteiger partial charge in [-0.05, 0) is 13.8 Å². The summed E-state index contributed by atoms with van der Waals surface area (Å²) in [4.78, 5) is 18.9. The molecule has 0 saturated heterocycles. The molecule has 0 atom stereocenters. The molecule has 64 valence electrons. The van der Waals surface area contributed by atoms with Crippen LogP contribution < -0.4 is 0 Å². The summed E-state index contributed by atoms with van der Waals surface area (Å²) in [6, 6.07) is 0. The minimum absolute atomic E-state index is 1.07. The van der Waals surface area contributed by atoms with E-state index >= 15 is 0 Å². The van der Waals surface area contributed by atoms with E-state index in [1.807, 2.05) is 11.8 Å². The van der Waals surface area contributed by atoms with Crippen LogP contribution in [0.2, 0.25) is 0 Å². The predicted molar refractivity (Wildman–Crippen MR) is 42.2 cm³/mol. The minimum atomic E-state index is -1.07. The Morgan fingerprint density at radius 1 is 0.917 bits per heavy atom. The summed E-state index contributed by atoms with van der Waals surface area (Å²) in [5, 5.41) is 15.5. The lowest BCUT2D eigenvalue weighted by Gasteiger charge is -1.63. The van der Waals surface area contributed by atoms with E-state index in [-0.39, 0.29) is 0 Å². The van der Waals surface area contributed by atoms with Gasteiger partial charge in [0.1, 0.15) is 0 Å². The molecule has 0 aliphatic carbocycles. The Morgan fingerprint density at radius 3 is 1.17 bits per heavy atom. The highest BCUT2D eigenvalue weighted by atomic mass is 16.4. The van der Waals surface area contributed by atoms with Crippen molar-refractivity contribution in [1.82, 2.24) is 0 Å². The molecule has 12 heavy (non-hydrogen) atoms. The van der Waals surface area contributed by atoms with Gasteiger partial charge in [0, 0.05) is 11.8 Å². The van der Waals surface area contributed by atoms with Gasteiger partial charge in [-0.3, -0.25) is 0 Å². The maximum Gasteiger partial charge on any atom is 0.381 e. The van der Waals surface area contributed by atoms with Crippen LogP contribution in [0.25, 0.3) is 0 Å². The van der Waals surface area contributed by atoms with E-state index < -0.39 is 11.9 Å². The van der Waals surface area contributed by atoms with Crippen LogP contribution in [-0.4, -0.2) is 22.2 Å². The first-order chi connectivity index (χ1) is 5.54. The van der Waals surface area contributed by atoms with Crippen molar-refractivity contribution >= 4 is 11.9 Å². The summed E-state index contributed by atoms with van der Waals surface area (Å²) in [7, 11) is 0. The van der Waals surface area contributed by atoms with Gasteiger partial charge in [0.05, 0.1) is 0 Å². The predicted octanol–water partition coefficient (Wildman–Crippen LogP) is 0.189. The fourth-order valence-corrected chi connectivity index (χ4v) is 0.214. The van der Waals surface area contributed by atoms with Gasteiger partial charge in [-0.1, -0.05) is 11.8 Å². The molecule has 0 aromatic rings. The molecule has 4 heteroatoms. The molecule has 0 aromatic heterocycles. The Balaban J connectivity index is 0. The minimum Gasteiger partial charge on any atom is -0.472 e. The van der Waals surface area contributed by atoms with Crippen molar-refractivity contribution in [2.45, 2.75) is 13.8 Å². The first kappa shape index (κ1) is 12.7. The molecule has 0 amide bonds. The highest BCUT2D eigenvalue weighted by Crippen LogP contribution is 1.52. The van der Waals surface area contributed by atoms with E-state index in [0.717, 1.165) is 0 Å². The van der Waals surface area contributed by atoms with Crippen LogP contribution in [0.1, 0.15) is 13.8 Å². The summed E-state index contributed by atoms with van der Waals surface area (Å²) < 4.78 is 0. The molecule has 0 rings (SSSR count). The first-order valence-electron chi connectivity index (χ1n) is 2.86. The zero-order chi connectivity index (χ0) is 9.98. The van der Waals surface area contributed by atoms with Gasteiger partial charge in [-0.2, -0.15) is 0 Å². The number of carboxylic acids is 2. The van der Waals surface area contributed by atoms with Crippen LogP contribution >= 0.6 is 0 Å². The molecule has 0 saturated carbocycles. The molecule has 0 spiro atoms. The molecular formula is C8H8O4. The number of aliphatic carboxylic acids is 2. The quantitative estimate of drug-likeness (QED) is 0.506. The van der Waals surface area contributed by atoms with E-state index in [0.29, 0.717) is 0 Å². The zero-order valence-electron chi connectivity index (χ0n) is 6.71. The molecule has 0 aliphatic rings. The van der Waals surface area contributed by atoms with Gasteiger partial charge in [0.25, 0.3) is 0 Å². The molecule has 0 bridgehead atoms. The Kier molecular flexibility index (Phi) is 9.60. The van der Waals surface area contributed by atoms with Crippen molar-refractivity contribution in [3.05, 3.63) is 0 Å². The second-order valence-corrected chi connectivity index (χ2v) is 1.36. The number of rotatable bonds is 0. The maximum atomic E-state index is 9.43. The molecule has 4 nitrogen and oxygen atoms in total. The van der Waals surface area contributed by atoms with Crippen molar-refractivity contribution in [2.75, 3.05) is 0 Å². The third-order valence-corrected chi connectivity index (χ3v) is 0.464. The van der Waals surface area contributed by atoms with Crippen LogP contribution in [0.15, 0.2) is 0 Å². The summed E-state index contributed by atoms with van der Waals surface area (Å²) in [5.41, 5.74) is 0. The number of carboxylic acid groups (broad SMARTS) is 2. The number of hydrogen-bond acceptors (Lipinski definition) is 2. The van der Waals surface area contributed by atoms with Crippen molar-refractivity contribution in [3.8, 4) is 23.7 Å². The van der Waals surface area contributed by atoms with Crippen molar-refractivity contribution in [3.63, 3.8) is 0 Å². The fourth-order valence-electron chi connectivity index (χ4n) is 0.214. The summed E-state index contributed by atoms with van der Waals surface area (Å²) >= 11 is 0. The van der Waals surface area contributed by atoms with Crippen molar-refractivity contribution < 1.29 is 19.8 Å².